The van der Waals surface area contributed by atoms with Crippen LogP contribution >= 0.6 is 0 Å². The Kier molecular flexibility index (Phi) is 3.30. The molecule has 27 heavy (non-hydrogen) atoms. The number of aryl methyl sites for hydroxylation is 1. The first-order valence-electron chi connectivity index (χ1n) is 9.45. The Morgan fingerprint density at radius 2 is 2.11 bits per heavy atom. The van der Waals surface area contributed by atoms with E-state index in [1.807, 2.05) is 11.8 Å². The number of carbonyl (C=O) groups is 1. The Labute approximate surface area is 155 Å². The van der Waals surface area contributed by atoms with E-state index in [4.69, 9.17) is 5.73 Å². The van der Waals surface area contributed by atoms with E-state index >= 15 is 4.39 Å². The van der Waals surface area contributed by atoms with E-state index in [9.17, 15) is 14.7 Å². The lowest BCUT2D eigenvalue weighted by Gasteiger charge is -2.40. The topological polar surface area (TPSA) is 88.0 Å². The van der Waals surface area contributed by atoms with Gasteiger partial charge >= 0.3 is 5.97 Å². The van der Waals surface area contributed by atoms with E-state index in [2.05, 4.69) is 0 Å². The summed E-state index contributed by atoms with van der Waals surface area (Å²) in [6.07, 6.45) is 5.09. The van der Waals surface area contributed by atoms with Crippen LogP contribution in [0.1, 0.15) is 53.1 Å². The van der Waals surface area contributed by atoms with Gasteiger partial charge in [-0.3, -0.25) is 9.20 Å². The average molecular weight is 371 g/mol. The molecule has 3 heterocycles. The highest BCUT2D eigenvalue weighted by Gasteiger charge is 2.51. The predicted molar refractivity (Wildman–Crippen MR) is 99.2 cm³/mol. The lowest BCUT2D eigenvalue weighted by Crippen LogP contribution is -2.54. The highest BCUT2D eigenvalue weighted by Crippen LogP contribution is 2.47. The van der Waals surface area contributed by atoms with Crippen molar-refractivity contribution in [2.75, 3.05) is 18.0 Å². The zero-order valence-electron chi connectivity index (χ0n) is 15.2. The van der Waals surface area contributed by atoms with E-state index in [0.717, 1.165) is 44.0 Å². The minimum Gasteiger partial charge on any atom is -0.477 e. The Balaban J connectivity index is 1.75. The van der Waals surface area contributed by atoms with Crippen molar-refractivity contribution >= 4 is 17.2 Å². The Hall–Kier alpha value is -2.41. The number of hydrogen-bond donors (Lipinski definition) is 2. The highest BCUT2D eigenvalue weighted by atomic mass is 19.1. The second-order valence-corrected chi connectivity index (χ2v) is 8.42. The fourth-order valence-electron chi connectivity index (χ4n) is 4.95. The maximum Gasteiger partial charge on any atom is 0.341 e. The summed E-state index contributed by atoms with van der Waals surface area (Å²) in [6.45, 7) is 3.16. The molecule has 2 aliphatic carbocycles. The molecule has 2 unspecified atom stereocenters. The molecule has 2 aromatic heterocycles. The largest absolute Gasteiger partial charge is 0.477 e. The van der Waals surface area contributed by atoms with Gasteiger partial charge in [0.05, 0.1) is 17.4 Å². The summed E-state index contributed by atoms with van der Waals surface area (Å²) < 4.78 is 16.3. The van der Waals surface area contributed by atoms with Gasteiger partial charge < -0.3 is 15.7 Å². The van der Waals surface area contributed by atoms with Crippen molar-refractivity contribution in [2.45, 2.75) is 44.1 Å². The number of carboxylic acid groups (broad SMARTS) is 1. The van der Waals surface area contributed by atoms with E-state index in [0.29, 0.717) is 29.2 Å². The highest BCUT2D eigenvalue weighted by molar-refractivity contribution is 5.89. The number of aromatic carboxylic acids is 1. The van der Waals surface area contributed by atoms with Crippen LogP contribution in [0.2, 0.25) is 0 Å². The molecule has 0 spiro atoms. The van der Waals surface area contributed by atoms with Crippen LogP contribution < -0.4 is 16.2 Å². The predicted octanol–water partition coefficient (Wildman–Crippen LogP) is 2.25. The van der Waals surface area contributed by atoms with Crippen LogP contribution in [0.25, 0.3) is 5.52 Å². The Bertz CT molecular complexity index is 1060. The maximum atomic E-state index is 15.1. The van der Waals surface area contributed by atoms with Crippen molar-refractivity contribution < 1.29 is 14.3 Å². The van der Waals surface area contributed by atoms with Crippen molar-refractivity contribution in [3.8, 4) is 0 Å². The third-order valence-corrected chi connectivity index (χ3v) is 6.70. The zero-order chi connectivity index (χ0) is 19.1. The molecule has 0 amide bonds. The molecule has 3 aliphatic rings. The molecule has 2 aromatic rings. The van der Waals surface area contributed by atoms with Gasteiger partial charge in [-0.2, -0.15) is 0 Å². The second-order valence-electron chi connectivity index (χ2n) is 8.42. The van der Waals surface area contributed by atoms with Crippen molar-refractivity contribution in [3.05, 3.63) is 45.1 Å². The molecular weight excluding hydrogens is 349 g/mol. The van der Waals surface area contributed by atoms with Gasteiger partial charge in [-0.1, -0.05) is 0 Å². The van der Waals surface area contributed by atoms with Crippen molar-refractivity contribution in [1.29, 1.82) is 0 Å². The third kappa shape index (κ3) is 2.27. The summed E-state index contributed by atoms with van der Waals surface area (Å²) in [5, 5.41) is 9.38. The molecule has 2 atom stereocenters. The number of fused-ring (bicyclic) bond motifs is 2. The van der Waals surface area contributed by atoms with Crippen LogP contribution in [-0.2, 0) is 0 Å². The average Bonchev–Trinajstić information content (AvgIpc) is 3.40. The van der Waals surface area contributed by atoms with Crippen LogP contribution in [0.4, 0.5) is 10.1 Å². The van der Waals surface area contributed by atoms with Gasteiger partial charge in [-0.15, -0.1) is 0 Å². The number of carboxylic acids is 1. The van der Waals surface area contributed by atoms with Gasteiger partial charge in [0.25, 0.3) is 5.56 Å². The van der Waals surface area contributed by atoms with Gasteiger partial charge in [0.2, 0.25) is 0 Å². The summed E-state index contributed by atoms with van der Waals surface area (Å²) in [5.41, 5.74) is 7.86. The number of halogens is 1. The number of hydrogen-bond acceptors (Lipinski definition) is 4. The Morgan fingerprint density at radius 1 is 1.37 bits per heavy atom. The van der Waals surface area contributed by atoms with Crippen molar-refractivity contribution in [2.24, 2.45) is 11.7 Å². The van der Waals surface area contributed by atoms with E-state index < -0.39 is 17.3 Å². The van der Waals surface area contributed by atoms with Crippen molar-refractivity contribution in [1.82, 2.24) is 4.40 Å². The molecule has 3 fully saturated rings. The standard InChI is InChI=1S/C20H22FN3O3/c1-10-16-13(11-2-3-11)6-14(19(26)27)18(25)24(16)8-15(21)17(10)23-7-12-4-5-20(12,22)9-23/h6,8,11-12H,2-5,7,9,22H2,1H3,(H,26,27). The van der Waals surface area contributed by atoms with Gasteiger partial charge in [0.1, 0.15) is 5.56 Å². The number of rotatable bonds is 3. The number of nitrogens with two attached hydrogens (primary N) is 1. The summed E-state index contributed by atoms with van der Waals surface area (Å²) >= 11 is 0. The molecule has 6 nitrogen and oxygen atoms in total. The van der Waals surface area contributed by atoms with Gasteiger partial charge in [-0.25, -0.2) is 9.18 Å². The fourth-order valence-corrected chi connectivity index (χ4v) is 4.95. The van der Waals surface area contributed by atoms with Crippen LogP contribution in [0.3, 0.4) is 0 Å². The second kappa shape index (κ2) is 5.32. The number of anilines is 1. The minimum absolute atomic E-state index is 0.228. The first-order chi connectivity index (χ1) is 12.8. The third-order valence-electron chi connectivity index (χ3n) is 6.70. The molecule has 1 aliphatic heterocycles. The maximum absolute atomic E-state index is 15.1. The zero-order valence-corrected chi connectivity index (χ0v) is 15.2. The fraction of sp³-hybridized carbons (Fsp3) is 0.500. The smallest absolute Gasteiger partial charge is 0.341 e. The first-order valence-corrected chi connectivity index (χ1v) is 9.45. The summed E-state index contributed by atoms with van der Waals surface area (Å²) in [4.78, 5) is 26.1. The van der Waals surface area contributed by atoms with Crippen LogP contribution in [0.15, 0.2) is 17.1 Å². The van der Waals surface area contributed by atoms with E-state index in [1.165, 1.54) is 10.5 Å². The molecule has 3 N–H and O–H groups in total. The molecule has 0 aromatic carbocycles. The molecule has 5 rings (SSSR count). The van der Waals surface area contributed by atoms with Gasteiger partial charge in [-0.05, 0) is 61.6 Å². The molecule has 1 saturated heterocycles. The molecule has 2 saturated carbocycles. The summed E-state index contributed by atoms with van der Waals surface area (Å²) in [6, 6.07) is 1.49. The van der Waals surface area contributed by atoms with Gasteiger partial charge in [0.15, 0.2) is 5.82 Å². The lowest BCUT2D eigenvalue weighted by molar-refractivity contribution is 0.0694. The summed E-state index contributed by atoms with van der Waals surface area (Å²) in [7, 11) is 0. The number of aromatic nitrogens is 1. The number of pyridine rings is 2. The first kappa shape index (κ1) is 16.7. The monoisotopic (exact) mass is 371 g/mol. The molecule has 0 radical (unpaired) electrons. The molecule has 142 valence electrons. The Morgan fingerprint density at radius 3 is 2.63 bits per heavy atom. The minimum atomic E-state index is -1.28. The van der Waals surface area contributed by atoms with Crippen molar-refractivity contribution in [3.63, 3.8) is 0 Å². The van der Waals surface area contributed by atoms with Crippen LogP contribution in [0.5, 0.6) is 0 Å². The molecular formula is C20H22FN3O3. The van der Waals surface area contributed by atoms with E-state index in [-0.39, 0.29) is 17.0 Å². The van der Waals surface area contributed by atoms with Gasteiger partial charge in [0, 0.05) is 18.6 Å². The van der Waals surface area contributed by atoms with Crippen LogP contribution in [-0.4, -0.2) is 34.1 Å². The SMILES string of the molecule is Cc1c(N2CC3CCC3(N)C2)c(F)cn2c(=O)c(C(=O)O)cc(C3CC3)c12. The molecule has 7 heteroatoms. The molecule has 0 bridgehead atoms. The quantitative estimate of drug-likeness (QED) is 0.864. The lowest BCUT2D eigenvalue weighted by atomic mass is 9.70. The van der Waals surface area contributed by atoms with Crippen LogP contribution in [0, 0.1) is 18.7 Å². The summed E-state index contributed by atoms with van der Waals surface area (Å²) in [5.74, 6) is -1.17. The number of nitrogens with zero attached hydrogens (tertiary/aromatic N) is 2. The normalized spacial score (nSPS) is 26.9. The van der Waals surface area contributed by atoms with E-state index in [1.54, 1.807) is 0 Å².